The van der Waals surface area contributed by atoms with E-state index in [1.54, 1.807) is 23.5 Å². The van der Waals surface area contributed by atoms with Gasteiger partial charge in [-0.3, -0.25) is 4.79 Å². The summed E-state index contributed by atoms with van der Waals surface area (Å²) in [6.45, 7) is 0. The van der Waals surface area contributed by atoms with Crippen molar-refractivity contribution in [2.45, 2.75) is 0 Å². The summed E-state index contributed by atoms with van der Waals surface area (Å²) in [7, 11) is 0. The van der Waals surface area contributed by atoms with Gasteiger partial charge in [0.05, 0.1) is 16.3 Å². The number of hydrogen-bond acceptors (Lipinski definition) is 3. The number of nitrogens with one attached hydrogen (secondary N) is 1. The third-order valence-electron chi connectivity index (χ3n) is 4.14. The molecular formula is C22H14ClFN2OS. The zero-order valence-corrected chi connectivity index (χ0v) is 16.1. The van der Waals surface area contributed by atoms with Crippen molar-refractivity contribution in [3.63, 3.8) is 0 Å². The van der Waals surface area contributed by atoms with Crippen molar-refractivity contribution in [3.05, 3.63) is 94.6 Å². The summed E-state index contributed by atoms with van der Waals surface area (Å²) in [5.41, 5.74) is 3.75. The monoisotopic (exact) mass is 408 g/mol. The summed E-state index contributed by atoms with van der Waals surface area (Å²) in [5.74, 6) is -0.873. The number of carbonyl (C=O) groups is 1. The van der Waals surface area contributed by atoms with Gasteiger partial charge in [-0.15, -0.1) is 11.3 Å². The Labute approximate surface area is 170 Å². The number of anilines is 1. The number of benzene rings is 3. The Morgan fingerprint density at radius 1 is 0.964 bits per heavy atom. The molecule has 1 N–H and O–H groups in total. The standard InChI is InChI=1S/C22H14ClFN2OS/c23-19-12-16(24)8-11-18(19)21(27)25-17-9-6-14(7-10-17)20-13-28-22(26-20)15-4-2-1-3-5-15/h1-13H,(H,25,27). The molecule has 138 valence electrons. The van der Waals surface area contributed by atoms with Crippen molar-refractivity contribution in [1.29, 1.82) is 0 Å². The minimum atomic E-state index is -0.482. The first-order chi connectivity index (χ1) is 13.6. The molecule has 0 aliphatic rings. The third-order valence-corrected chi connectivity index (χ3v) is 5.34. The molecule has 3 aromatic carbocycles. The van der Waals surface area contributed by atoms with Crippen molar-refractivity contribution >= 4 is 34.5 Å². The Kier molecular flexibility index (Phi) is 5.19. The van der Waals surface area contributed by atoms with E-state index >= 15 is 0 Å². The van der Waals surface area contributed by atoms with E-state index < -0.39 is 11.7 Å². The molecule has 0 spiro atoms. The van der Waals surface area contributed by atoms with Crippen LogP contribution in [-0.4, -0.2) is 10.9 Å². The second-order valence-corrected chi connectivity index (χ2v) is 7.32. The summed E-state index contributed by atoms with van der Waals surface area (Å²) < 4.78 is 13.1. The Balaban J connectivity index is 1.50. The quantitative estimate of drug-likeness (QED) is 0.417. The van der Waals surface area contributed by atoms with Gasteiger partial charge in [-0.1, -0.05) is 54.1 Å². The van der Waals surface area contributed by atoms with Crippen LogP contribution >= 0.6 is 22.9 Å². The Hall–Kier alpha value is -3.02. The van der Waals surface area contributed by atoms with E-state index in [9.17, 15) is 9.18 Å². The van der Waals surface area contributed by atoms with E-state index in [0.717, 1.165) is 27.9 Å². The van der Waals surface area contributed by atoms with Gasteiger partial charge in [0.25, 0.3) is 5.91 Å². The molecule has 4 aromatic rings. The van der Waals surface area contributed by atoms with Gasteiger partial charge in [0, 0.05) is 22.2 Å². The first kappa shape index (κ1) is 18.3. The molecule has 0 aliphatic carbocycles. The lowest BCUT2D eigenvalue weighted by molar-refractivity contribution is 0.102. The normalized spacial score (nSPS) is 10.6. The van der Waals surface area contributed by atoms with Crippen molar-refractivity contribution in [2.24, 2.45) is 0 Å². The summed E-state index contributed by atoms with van der Waals surface area (Å²) in [5, 5.41) is 5.80. The van der Waals surface area contributed by atoms with Gasteiger partial charge in [-0.2, -0.15) is 0 Å². The minimum Gasteiger partial charge on any atom is -0.322 e. The van der Waals surface area contributed by atoms with Crippen LogP contribution in [0.4, 0.5) is 10.1 Å². The van der Waals surface area contributed by atoms with Crippen LogP contribution in [0.25, 0.3) is 21.8 Å². The zero-order chi connectivity index (χ0) is 19.5. The van der Waals surface area contributed by atoms with E-state index in [1.165, 1.54) is 12.1 Å². The van der Waals surface area contributed by atoms with Gasteiger partial charge in [0.2, 0.25) is 0 Å². The van der Waals surface area contributed by atoms with Crippen LogP contribution in [-0.2, 0) is 0 Å². The van der Waals surface area contributed by atoms with Crippen LogP contribution < -0.4 is 5.32 Å². The zero-order valence-electron chi connectivity index (χ0n) is 14.5. The molecular weight excluding hydrogens is 395 g/mol. The smallest absolute Gasteiger partial charge is 0.257 e. The summed E-state index contributed by atoms with van der Waals surface area (Å²) in [6, 6.07) is 21.1. The number of halogens is 2. The van der Waals surface area contributed by atoms with Crippen molar-refractivity contribution in [3.8, 4) is 21.8 Å². The minimum absolute atomic E-state index is 0.0741. The first-order valence-electron chi connectivity index (χ1n) is 8.48. The molecule has 0 bridgehead atoms. The summed E-state index contributed by atoms with van der Waals surface area (Å²) in [4.78, 5) is 17.0. The maximum absolute atomic E-state index is 13.1. The molecule has 0 atom stereocenters. The fourth-order valence-corrected chi connectivity index (χ4v) is 3.80. The van der Waals surface area contributed by atoms with Crippen LogP contribution in [0.3, 0.4) is 0 Å². The van der Waals surface area contributed by atoms with E-state index in [0.29, 0.717) is 5.69 Å². The topological polar surface area (TPSA) is 42.0 Å². The lowest BCUT2D eigenvalue weighted by atomic mass is 10.1. The fraction of sp³-hybridized carbons (Fsp3) is 0. The number of amides is 1. The first-order valence-corrected chi connectivity index (χ1v) is 9.74. The lowest BCUT2D eigenvalue weighted by Crippen LogP contribution is -2.12. The van der Waals surface area contributed by atoms with E-state index in [1.807, 2.05) is 47.8 Å². The van der Waals surface area contributed by atoms with Crippen LogP contribution in [0, 0.1) is 5.82 Å². The highest BCUT2D eigenvalue weighted by Gasteiger charge is 2.12. The van der Waals surface area contributed by atoms with Crippen LogP contribution in [0.2, 0.25) is 5.02 Å². The predicted octanol–water partition coefficient (Wildman–Crippen LogP) is 6.52. The molecule has 0 fully saturated rings. The molecule has 0 saturated heterocycles. The highest BCUT2D eigenvalue weighted by molar-refractivity contribution is 7.13. The molecule has 0 aliphatic heterocycles. The molecule has 3 nitrogen and oxygen atoms in total. The molecule has 0 saturated carbocycles. The third kappa shape index (κ3) is 3.96. The van der Waals surface area contributed by atoms with Gasteiger partial charge in [0.15, 0.2) is 0 Å². The average Bonchev–Trinajstić information content (AvgIpc) is 3.19. The SMILES string of the molecule is O=C(Nc1ccc(-c2csc(-c3ccccc3)n2)cc1)c1ccc(F)cc1Cl. The number of thiazole rings is 1. The van der Waals surface area contributed by atoms with Gasteiger partial charge < -0.3 is 5.32 Å². The Morgan fingerprint density at radius 3 is 2.43 bits per heavy atom. The van der Waals surface area contributed by atoms with Gasteiger partial charge in [0.1, 0.15) is 10.8 Å². The van der Waals surface area contributed by atoms with Crippen LogP contribution in [0.5, 0.6) is 0 Å². The molecule has 4 rings (SSSR count). The van der Waals surface area contributed by atoms with Crippen molar-refractivity contribution in [2.75, 3.05) is 5.32 Å². The molecule has 0 radical (unpaired) electrons. The maximum atomic E-state index is 13.1. The number of carbonyl (C=O) groups excluding carboxylic acids is 1. The number of aromatic nitrogens is 1. The molecule has 1 amide bonds. The number of nitrogens with zero attached hydrogens (tertiary/aromatic N) is 1. The Bertz CT molecular complexity index is 1130. The van der Waals surface area contributed by atoms with Crippen molar-refractivity contribution < 1.29 is 9.18 Å². The average molecular weight is 409 g/mol. The second-order valence-electron chi connectivity index (χ2n) is 6.06. The Morgan fingerprint density at radius 2 is 1.71 bits per heavy atom. The fourth-order valence-electron chi connectivity index (χ4n) is 2.72. The second kappa shape index (κ2) is 7.92. The summed E-state index contributed by atoms with van der Waals surface area (Å²) in [6.07, 6.45) is 0. The van der Waals surface area contributed by atoms with E-state index in [2.05, 4.69) is 10.3 Å². The highest BCUT2D eigenvalue weighted by atomic mass is 35.5. The summed E-state index contributed by atoms with van der Waals surface area (Å²) >= 11 is 7.53. The van der Waals surface area contributed by atoms with E-state index in [4.69, 9.17) is 11.6 Å². The van der Waals surface area contributed by atoms with Crippen LogP contribution in [0.15, 0.2) is 78.2 Å². The molecule has 1 aromatic heterocycles. The molecule has 6 heteroatoms. The predicted molar refractivity (Wildman–Crippen MR) is 112 cm³/mol. The molecule has 28 heavy (non-hydrogen) atoms. The van der Waals surface area contributed by atoms with E-state index in [-0.39, 0.29) is 10.6 Å². The van der Waals surface area contributed by atoms with Gasteiger partial charge in [-0.25, -0.2) is 9.37 Å². The number of hydrogen-bond donors (Lipinski definition) is 1. The van der Waals surface area contributed by atoms with Crippen molar-refractivity contribution in [1.82, 2.24) is 4.98 Å². The largest absolute Gasteiger partial charge is 0.322 e. The molecule has 0 unspecified atom stereocenters. The molecule has 1 heterocycles. The maximum Gasteiger partial charge on any atom is 0.257 e. The highest BCUT2D eigenvalue weighted by Crippen LogP contribution is 2.29. The van der Waals surface area contributed by atoms with Crippen LogP contribution in [0.1, 0.15) is 10.4 Å². The number of rotatable bonds is 4. The van der Waals surface area contributed by atoms with Gasteiger partial charge >= 0.3 is 0 Å². The lowest BCUT2D eigenvalue weighted by Gasteiger charge is -2.07. The van der Waals surface area contributed by atoms with Gasteiger partial charge in [-0.05, 0) is 30.3 Å².